The Kier molecular flexibility index (Phi) is 46.9. The van der Waals surface area contributed by atoms with Crippen LogP contribution in [0.2, 0.25) is 0 Å². The molecular weight excluding hydrogens is 991 g/mol. The SMILES string of the molecule is CCCCCCCCCCCCCCCCCCCCCCCCCCCCCCCC/C=C/C(O)C(COC1OC(CO)C(OC2OC(CO)C(O)C(O)C2O)C(O)C1O)NC(=O)CCCCCCCCCCCCCC. The molecule has 2 rings (SSSR count). The third-order valence-corrected chi connectivity index (χ3v) is 16.5. The molecule has 462 valence electrons. The second-order valence-electron chi connectivity index (χ2n) is 23.6. The molecule has 0 spiro atoms. The van der Waals surface area contributed by atoms with Crippen molar-refractivity contribution >= 4 is 5.91 Å². The maximum Gasteiger partial charge on any atom is 0.220 e. The van der Waals surface area contributed by atoms with Gasteiger partial charge in [0.25, 0.3) is 0 Å². The summed E-state index contributed by atoms with van der Waals surface area (Å²) in [5, 5.41) is 87.1. The van der Waals surface area contributed by atoms with Crippen LogP contribution in [0.15, 0.2) is 12.2 Å². The number of amides is 1. The summed E-state index contributed by atoms with van der Waals surface area (Å²) < 4.78 is 22.8. The number of aliphatic hydroxyl groups is 8. The molecule has 12 unspecified atom stereocenters. The van der Waals surface area contributed by atoms with E-state index in [9.17, 15) is 45.6 Å². The zero-order chi connectivity index (χ0) is 56.7. The van der Waals surface area contributed by atoms with Crippen molar-refractivity contribution in [3.8, 4) is 0 Å². The van der Waals surface area contributed by atoms with Crippen LogP contribution in [0.5, 0.6) is 0 Å². The van der Waals surface area contributed by atoms with Crippen LogP contribution in [0, 0.1) is 0 Å². The summed E-state index contributed by atoms with van der Waals surface area (Å²) in [5.74, 6) is -0.236. The summed E-state index contributed by atoms with van der Waals surface area (Å²) >= 11 is 0. The summed E-state index contributed by atoms with van der Waals surface area (Å²) in [6, 6.07) is -0.909. The first-order chi connectivity index (χ1) is 38.1. The van der Waals surface area contributed by atoms with Crippen LogP contribution in [0.25, 0.3) is 0 Å². The second-order valence-corrected chi connectivity index (χ2v) is 23.6. The monoisotopic (exact) mass is 1110 g/mol. The van der Waals surface area contributed by atoms with E-state index in [0.717, 1.165) is 38.5 Å². The van der Waals surface area contributed by atoms with Gasteiger partial charge in [-0.1, -0.05) is 283 Å². The number of carbonyl (C=O) groups excluding carboxylic acids is 1. The molecule has 9 N–H and O–H groups in total. The van der Waals surface area contributed by atoms with Gasteiger partial charge in [0.1, 0.15) is 48.8 Å². The Morgan fingerprint density at radius 2 is 0.795 bits per heavy atom. The van der Waals surface area contributed by atoms with Gasteiger partial charge in [-0.05, 0) is 19.3 Å². The molecule has 0 bridgehead atoms. The summed E-state index contributed by atoms with van der Waals surface area (Å²) in [4.78, 5) is 13.2. The first-order valence-electron chi connectivity index (χ1n) is 32.9. The van der Waals surface area contributed by atoms with Gasteiger partial charge in [-0.3, -0.25) is 4.79 Å². The van der Waals surface area contributed by atoms with Gasteiger partial charge < -0.3 is 65.1 Å². The van der Waals surface area contributed by atoms with Crippen molar-refractivity contribution in [2.24, 2.45) is 0 Å². The largest absolute Gasteiger partial charge is 0.394 e. The fourth-order valence-corrected chi connectivity index (χ4v) is 11.2. The highest BCUT2D eigenvalue weighted by molar-refractivity contribution is 5.76. The Morgan fingerprint density at radius 1 is 0.449 bits per heavy atom. The lowest BCUT2D eigenvalue weighted by Crippen LogP contribution is -2.65. The van der Waals surface area contributed by atoms with Crippen molar-refractivity contribution < 1.29 is 64.6 Å². The van der Waals surface area contributed by atoms with E-state index in [1.165, 1.54) is 231 Å². The summed E-state index contributed by atoms with van der Waals surface area (Å²) in [6.45, 7) is 2.82. The maximum atomic E-state index is 13.2. The zero-order valence-corrected chi connectivity index (χ0v) is 49.9. The molecule has 78 heavy (non-hydrogen) atoms. The first-order valence-corrected chi connectivity index (χ1v) is 32.9. The van der Waals surface area contributed by atoms with E-state index in [1.54, 1.807) is 6.08 Å². The van der Waals surface area contributed by atoms with Gasteiger partial charge in [0.2, 0.25) is 5.91 Å². The minimum Gasteiger partial charge on any atom is -0.394 e. The van der Waals surface area contributed by atoms with Crippen LogP contribution in [-0.2, 0) is 23.7 Å². The third-order valence-electron chi connectivity index (χ3n) is 16.5. The zero-order valence-electron chi connectivity index (χ0n) is 49.9. The molecule has 0 aromatic carbocycles. The average molecular weight is 1110 g/mol. The summed E-state index contributed by atoms with van der Waals surface area (Å²) in [7, 11) is 0. The Labute approximate surface area is 476 Å². The predicted octanol–water partition coefficient (Wildman–Crippen LogP) is 12.2. The van der Waals surface area contributed by atoms with Crippen molar-refractivity contribution in [3.63, 3.8) is 0 Å². The Bertz CT molecular complexity index is 1360. The standard InChI is InChI=1S/C64H123NO13/c1-3-5-7-9-11-13-15-17-18-19-20-21-22-23-24-25-26-27-28-29-30-31-32-33-34-35-36-37-39-41-43-45-47-53(68)52(65-56(69)48-46-44-42-40-38-16-14-12-10-8-6-4-2)51-75-63-61(74)59(72)62(55(50-67)77-63)78-64-60(73)58(71)57(70)54(49-66)76-64/h45,47,52-55,57-64,66-68,70-74H,3-44,46,48-51H2,1-2H3,(H,65,69)/b47-45+. The molecule has 2 saturated heterocycles. The van der Waals surface area contributed by atoms with Crippen LogP contribution in [0.1, 0.15) is 296 Å². The Hall–Kier alpha value is -1.27. The second kappa shape index (κ2) is 50.3. The van der Waals surface area contributed by atoms with Crippen molar-refractivity contribution in [2.45, 2.75) is 370 Å². The maximum absolute atomic E-state index is 13.2. The Morgan fingerprint density at radius 3 is 1.18 bits per heavy atom. The van der Waals surface area contributed by atoms with Crippen LogP contribution in [-0.4, -0.2) is 140 Å². The van der Waals surface area contributed by atoms with Gasteiger partial charge in [-0.25, -0.2) is 0 Å². The third kappa shape index (κ3) is 35.0. The van der Waals surface area contributed by atoms with E-state index in [1.807, 2.05) is 6.08 Å². The van der Waals surface area contributed by atoms with E-state index in [0.29, 0.717) is 6.42 Å². The van der Waals surface area contributed by atoms with Crippen LogP contribution >= 0.6 is 0 Å². The van der Waals surface area contributed by atoms with E-state index in [-0.39, 0.29) is 18.9 Å². The topological polar surface area (TPSA) is 228 Å². The number of carbonyl (C=O) groups is 1. The van der Waals surface area contributed by atoms with E-state index >= 15 is 0 Å². The van der Waals surface area contributed by atoms with Gasteiger partial charge in [-0.15, -0.1) is 0 Å². The number of allylic oxidation sites excluding steroid dienone is 1. The fourth-order valence-electron chi connectivity index (χ4n) is 11.2. The van der Waals surface area contributed by atoms with Crippen LogP contribution in [0.3, 0.4) is 0 Å². The molecular formula is C64H123NO13. The highest BCUT2D eigenvalue weighted by Gasteiger charge is 2.51. The number of hydrogen-bond donors (Lipinski definition) is 9. The molecule has 0 aliphatic carbocycles. The lowest BCUT2D eigenvalue weighted by Gasteiger charge is -2.46. The highest BCUT2D eigenvalue weighted by atomic mass is 16.7. The Balaban J connectivity index is 1.63. The number of nitrogens with one attached hydrogen (secondary N) is 1. The fraction of sp³-hybridized carbons (Fsp3) is 0.953. The first kappa shape index (κ1) is 72.8. The molecule has 0 saturated carbocycles. The molecule has 0 radical (unpaired) electrons. The molecule has 2 fully saturated rings. The summed E-state index contributed by atoms with van der Waals surface area (Å²) in [5.41, 5.74) is 0. The van der Waals surface area contributed by atoms with Gasteiger partial charge in [0.15, 0.2) is 12.6 Å². The number of aliphatic hydroxyl groups excluding tert-OH is 8. The average Bonchev–Trinajstić information content (AvgIpc) is 3.44. The molecule has 0 aromatic rings. The van der Waals surface area contributed by atoms with Gasteiger partial charge in [0.05, 0.1) is 32.0 Å². The molecule has 12 atom stereocenters. The predicted molar refractivity (Wildman–Crippen MR) is 314 cm³/mol. The van der Waals surface area contributed by atoms with Crippen LogP contribution < -0.4 is 5.32 Å². The van der Waals surface area contributed by atoms with Crippen molar-refractivity contribution in [1.29, 1.82) is 0 Å². The minimum atomic E-state index is -1.79. The molecule has 2 heterocycles. The van der Waals surface area contributed by atoms with Gasteiger partial charge in [0, 0.05) is 6.42 Å². The number of unbranched alkanes of at least 4 members (excludes halogenated alkanes) is 41. The molecule has 2 aliphatic rings. The molecule has 14 heteroatoms. The molecule has 14 nitrogen and oxygen atoms in total. The summed E-state index contributed by atoms with van der Waals surface area (Å²) in [6.07, 6.45) is 42.9. The number of rotatable bonds is 54. The molecule has 2 aliphatic heterocycles. The normalized spacial score (nSPS) is 24.5. The van der Waals surface area contributed by atoms with Crippen molar-refractivity contribution in [2.75, 3.05) is 19.8 Å². The lowest BCUT2D eigenvalue weighted by molar-refractivity contribution is -0.359. The minimum absolute atomic E-state index is 0.236. The van der Waals surface area contributed by atoms with Gasteiger partial charge in [-0.2, -0.15) is 0 Å². The highest BCUT2D eigenvalue weighted by Crippen LogP contribution is 2.30. The van der Waals surface area contributed by atoms with Crippen molar-refractivity contribution in [3.05, 3.63) is 12.2 Å². The molecule has 0 aromatic heterocycles. The number of hydrogen-bond acceptors (Lipinski definition) is 13. The van der Waals surface area contributed by atoms with Crippen molar-refractivity contribution in [1.82, 2.24) is 5.32 Å². The molecule has 1 amide bonds. The smallest absolute Gasteiger partial charge is 0.220 e. The lowest BCUT2D eigenvalue weighted by atomic mass is 9.97. The van der Waals surface area contributed by atoms with Crippen LogP contribution in [0.4, 0.5) is 0 Å². The van der Waals surface area contributed by atoms with Gasteiger partial charge >= 0.3 is 0 Å². The number of ether oxygens (including phenoxy) is 4. The van der Waals surface area contributed by atoms with E-state index in [4.69, 9.17) is 18.9 Å². The van der Waals surface area contributed by atoms with E-state index in [2.05, 4.69) is 19.2 Å². The van der Waals surface area contributed by atoms with E-state index < -0.39 is 86.8 Å². The quantitative estimate of drug-likeness (QED) is 0.0204.